The summed E-state index contributed by atoms with van der Waals surface area (Å²) < 4.78 is 2.30. The average molecular weight is 358 g/mol. The van der Waals surface area contributed by atoms with E-state index >= 15 is 0 Å². The zero-order valence-corrected chi connectivity index (χ0v) is 15.6. The second kappa shape index (κ2) is 6.40. The summed E-state index contributed by atoms with van der Waals surface area (Å²) in [6.07, 6.45) is 0. The molecule has 5 rings (SSSR count). The maximum Gasteiger partial charge on any atom is 0.0998 e. The number of nitriles is 1. The lowest BCUT2D eigenvalue weighted by atomic mass is 9.98. The summed E-state index contributed by atoms with van der Waals surface area (Å²) in [4.78, 5) is 0. The third kappa shape index (κ3) is 2.49. The Morgan fingerprint density at radius 1 is 0.714 bits per heavy atom. The molecule has 4 aromatic carbocycles. The Morgan fingerprint density at radius 3 is 1.93 bits per heavy atom. The maximum atomic E-state index is 9.49. The lowest BCUT2D eigenvalue weighted by Crippen LogP contribution is -1.94. The number of aromatic nitrogens is 1. The fourth-order valence-electron chi connectivity index (χ4n) is 3.99. The lowest BCUT2D eigenvalue weighted by molar-refractivity contribution is 1.18. The van der Waals surface area contributed by atoms with Crippen molar-refractivity contribution in [2.75, 3.05) is 0 Å². The number of aryl methyl sites for hydroxylation is 1. The van der Waals surface area contributed by atoms with E-state index in [0.717, 1.165) is 22.4 Å². The van der Waals surface area contributed by atoms with Gasteiger partial charge >= 0.3 is 0 Å². The highest BCUT2D eigenvalue weighted by molar-refractivity contribution is 6.09. The number of nitrogens with zero attached hydrogens (tertiary/aromatic N) is 2. The van der Waals surface area contributed by atoms with E-state index in [2.05, 4.69) is 89.5 Å². The maximum absolute atomic E-state index is 9.49. The van der Waals surface area contributed by atoms with E-state index in [1.807, 2.05) is 19.1 Å². The predicted molar refractivity (Wildman–Crippen MR) is 116 cm³/mol. The van der Waals surface area contributed by atoms with Crippen molar-refractivity contribution in [3.8, 4) is 22.9 Å². The molecule has 0 radical (unpaired) electrons. The van der Waals surface area contributed by atoms with Gasteiger partial charge in [0.15, 0.2) is 0 Å². The van der Waals surface area contributed by atoms with Crippen molar-refractivity contribution in [1.82, 2.24) is 4.57 Å². The quantitative estimate of drug-likeness (QED) is 0.348. The number of fused-ring (bicyclic) bond motifs is 3. The Balaban J connectivity index is 1.69. The van der Waals surface area contributed by atoms with Crippen LogP contribution in [0.5, 0.6) is 0 Å². The minimum absolute atomic E-state index is 0.713. The summed E-state index contributed by atoms with van der Waals surface area (Å²) in [5.41, 5.74) is 7.36. The van der Waals surface area contributed by atoms with Crippen LogP contribution >= 0.6 is 0 Å². The highest BCUT2D eigenvalue weighted by atomic mass is 15.0. The fraction of sp³-hybridized carbons (Fsp3) is 0.0385. The fourth-order valence-corrected chi connectivity index (χ4v) is 3.99. The van der Waals surface area contributed by atoms with Gasteiger partial charge in [-0.05, 0) is 53.9 Å². The van der Waals surface area contributed by atoms with E-state index in [9.17, 15) is 5.26 Å². The van der Waals surface area contributed by atoms with Crippen molar-refractivity contribution in [2.24, 2.45) is 0 Å². The molecule has 0 N–H and O–H groups in total. The Bertz CT molecular complexity index is 1310. The molecule has 0 amide bonds. The number of rotatable bonds is 2. The Labute approximate surface area is 163 Å². The summed E-state index contributed by atoms with van der Waals surface area (Å²) in [5.74, 6) is 0. The molecule has 0 saturated heterocycles. The predicted octanol–water partition coefficient (Wildman–Crippen LogP) is 6.63. The molecule has 0 aliphatic carbocycles. The van der Waals surface area contributed by atoms with Crippen LogP contribution in [0, 0.1) is 18.3 Å². The molecule has 0 unspecified atom stereocenters. The van der Waals surface area contributed by atoms with Gasteiger partial charge < -0.3 is 4.57 Å². The van der Waals surface area contributed by atoms with Gasteiger partial charge in [0.1, 0.15) is 0 Å². The van der Waals surface area contributed by atoms with E-state index in [4.69, 9.17) is 0 Å². The van der Waals surface area contributed by atoms with E-state index in [0.29, 0.717) is 5.56 Å². The van der Waals surface area contributed by atoms with Crippen LogP contribution in [0.15, 0.2) is 91.0 Å². The lowest BCUT2D eigenvalue weighted by Gasteiger charge is -2.10. The standard InChI is InChI=1S/C26H18N2/c1-18-10-15-22(20(16-18)17-27)19-11-13-21(14-12-19)28-25-8-4-2-6-23(25)24-7-3-5-9-26(24)28/h2-16H,1H3. The molecular formula is C26H18N2. The van der Waals surface area contributed by atoms with Gasteiger partial charge in [-0.1, -0.05) is 60.7 Å². The minimum atomic E-state index is 0.713. The van der Waals surface area contributed by atoms with E-state index in [-0.39, 0.29) is 0 Å². The third-order valence-corrected chi connectivity index (χ3v) is 5.31. The van der Waals surface area contributed by atoms with Gasteiger partial charge in [0, 0.05) is 16.5 Å². The second-order valence-electron chi connectivity index (χ2n) is 7.08. The Kier molecular flexibility index (Phi) is 3.74. The van der Waals surface area contributed by atoms with E-state index in [1.165, 1.54) is 21.8 Å². The van der Waals surface area contributed by atoms with Gasteiger partial charge in [-0.2, -0.15) is 5.26 Å². The molecule has 0 saturated carbocycles. The van der Waals surface area contributed by atoms with Crippen LogP contribution in [0.1, 0.15) is 11.1 Å². The molecule has 0 atom stereocenters. The van der Waals surface area contributed by atoms with Crippen molar-refractivity contribution in [3.05, 3.63) is 102 Å². The molecule has 0 aliphatic heterocycles. The third-order valence-electron chi connectivity index (χ3n) is 5.31. The largest absolute Gasteiger partial charge is 0.309 e. The van der Waals surface area contributed by atoms with Crippen LogP contribution in [0.25, 0.3) is 38.6 Å². The summed E-state index contributed by atoms with van der Waals surface area (Å²) >= 11 is 0. The summed E-state index contributed by atoms with van der Waals surface area (Å²) in [7, 11) is 0. The normalized spacial score (nSPS) is 11.0. The topological polar surface area (TPSA) is 28.7 Å². The highest BCUT2D eigenvalue weighted by Crippen LogP contribution is 2.33. The van der Waals surface area contributed by atoms with Crippen LogP contribution in [-0.2, 0) is 0 Å². The Hall–Kier alpha value is -3.83. The molecule has 1 aromatic heterocycles. The Morgan fingerprint density at radius 2 is 1.32 bits per heavy atom. The highest BCUT2D eigenvalue weighted by Gasteiger charge is 2.12. The number of para-hydroxylation sites is 2. The first kappa shape index (κ1) is 16.4. The van der Waals surface area contributed by atoms with Crippen molar-refractivity contribution in [3.63, 3.8) is 0 Å². The van der Waals surface area contributed by atoms with Gasteiger partial charge in [-0.25, -0.2) is 0 Å². The first-order valence-corrected chi connectivity index (χ1v) is 9.36. The van der Waals surface area contributed by atoms with Crippen molar-refractivity contribution in [1.29, 1.82) is 5.26 Å². The van der Waals surface area contributed by atoms with Crippen LogP contribution < -0.4 is 0 Å². The van der Waals surface area contributed by atoms with Gasteiger partial charge in [0.2, 0.25) is 0 Å². The van der Waals surface area contributed by atoms with Crippen LogP contribution in [0.4, 0.5) is 0 Å². The summed E-state index contributed by atoms with van der Waals surface area (Å²) in [5, 5.41) is 12.0. The zero-order chi connectivity index (χ0) is 19.1. The molecule has 1 heterocycles. The second-order valence-corrected chi connectivity index (χ2v) is 7.08. The van der Waals surface area contributed by atoms with Crippen molar-refractivity contribution in [2.45, 2.75) is 6.92 Å². The van der Waals surface area contributed by atoms with Gasteiger partial charge in [-0.15, -0.1) is 0 Å². The molecule has 0 spiro atoms. The average Bonchev–Trinajstić information content (AvgIpc) is 3.08. The van der Waals surface area contributed by atoms with Gasteiger partial charge in [0.25, 0.3) is 0 Å². The van der Waals surface area contributed by atoms with Crippen LogP contribution in [0.2, 0.25) is 0 Å². The minimum Gasteiger partial charge on any atom is -0.309 e. The van der Waals surface area contributed by atoms with E-state index in [1.54, 1.807) is 0 Å². The van der Waals surface area contributed by atoms with E-state index < -0.39 is 0 Å². The first-order valence-electron chi connectivity index (χ1n) is 9.36. The first-order chi connectivity index (χ1) is 13.8. The molecule has 0 fully saturated rings. The number of benzene rings is 4. The van der Waals surface area contributed by atoms with Crippen molar-refractivity contribution >= 4 is 21.8 Å². The van der Waals surface area contributed by atoms with Crippen LogP contribution in [-0.4, -0.2) is 4.57 Å². The number of hydrogen-bond acceptors (Lipinski definition) is 1. The molecule has 132 valence electrons. The zero-order valence-electron chi connectivity index (χ0n) is 15.6. The smallest absolute Gasteiger partial charge is 0.0998 e. The van der Waals surface area contributed by atoms with Gasteiger partial charge in [0.05, 0.1) is 22.7 Å². The number of hydrogen-bond donors (Lipinski definition) is 0. The molecule has 5 aromatic rings. The SMILES string of the molecule is Cc1ccc(-c2ccc(-n3c4ccccc4c4ccccc43)cc2)c(C#N)c1. The molecule has 2 nitrogen and oxygen atoms in total. The van der Waals surface area contributed by atoms with Crippen molar-refractivity contribution < 1.29 is 0 Å². The summed E-state index contributed by atoms with van der Waals surface area (Å²) in [6.45, 7) is 2.01. The molecule has 28 heavy (non-hydrogen) atoms. The summed E-state index contributed by atoms with van der Waals surface area (Å²) in [6, 6.07) is 33.8. The molecule has 0 aliphatic rings. The molecule has 0 bridgehead atoms. The molecular weight excluding hydrogens is 340 g/mol. The molecule has 2 heteroatoms. The monoisotopic (exact) mass is 358 g/mol. The van der Waals surface area contributed by atoms with Gasteiger partial charge in [-0.3, -0.25) is 0 Å². The van der Waals surface area contributed by atoms with Crippen LogP contribution in [0.3, 0.4) is 0 Å².